The molecule has 1 aliphatic carbocycles. The van der Waals surface area contributed by atoms with E-state index in [2.05, 4.69) is 0 Å². The maximum Gasteiger partial charge on any atom is 0.195 e. The molecule has 30 heavy (non-hydrogen) atoms. The summed E-state index contributed by atoms with van der Waals surface area (Å²) in [5.74, 6) is -0.0705. The predicted octanol–water partition coefficient (Wildman–Crippen LogP) is 5.77. The molecule has 0 aliphatic heterocycles. The number of benzene rings is 4. The Morgan fingerprint density at radius 3 is 1.47 bits per heavy atom. The first-order chi connectivity index (χ1) is 14.7. The van der Waals surface area contributed by atoms with Crippen LogP contribution in [0, 0.1) is 0 Å². The van der Waals surface area contributed by atoms with Crippen molar-refractivity contribution in [2.75, 3.05) is 0 Å². The van der Waals surface area contributed by atoms with Crippen LogP contribution in [0.2, 0.25) is 0 Å². The molecule has 0 saturated heterocycles. The van der Waals surface area contributed by atoms with Gasteiger partial charge in [-0.3, -0.25) is 4.79 Å². The molecule has 0 fully saturated rings. The number of ketones is 1. The van der Waals surface area contributed by atoms with Crippen molar-refractivity contribution < 1.29 is 9.36 Å². The van der Waals surface area contributed by atoms with E-state index in [1.165, 1.54) is 0 Å². The molecule has 144 valence electrons. The minimum Gasteiger partial charge on any atom is -0.309 e. The number of hydrogen-bond acceptors (Lipinski definition) is 2. The number of allylic oxidation sites excluding steroid dienone is 1. The lowest BCUT2D eigenvalue weighted by atomic mass is 10.0. The summed E-state index contributed by atoms with van der Waals surface area (Å²) in [4.78, 5) is 13.5. The summed E-state index contributed by atoms with van der Waals surface area (Å²) in [6, 6.07) is 36.1. The van der Waals surface area contributed by atoms with E-state index >= 15 is 4.57 Å². The molecule has 4 aromatic carbocycles. The van der Waals surface area contributed by atoms with Crippen molar-refractivity contribution in [1.82, 2.24) is 0 Å². The van der Waals surface area contributed by atoms with Gasteiger partial charge < -0.3 is 4.57 Å². The fourth-order valence-corrected chi connectivity index (χ4v) is 7.23. The molecule has 0 spiro atoms. The highest BCUT2D eigenvalue weighted by atomic mass is 31.2. The van der Waals surface area contributed by atoms with Crippen molar-refractivity contribution in [3.8, 4) is 0 Å². The van der Waals surface area contributed by atoms with Crippen molar-refractivity contribution in [2.24, 2.45) is 0 Å². The first kappa shape index (κ1) is 18.5. The van der Waals surface area contributed by atoms with Gasteiger partial charge in [-0.05, 0) is 11.1 Å². The van der Waals surface area contributed by atoms with Gasteiger partial charge in [0.05, 0.1) is 0 Å². The maximum atomic E-state index is 15.1. The molecule has 0 radical (unpaired) electrons. The summed E-state index contributed by atoms with van der Waals surface area (Å²) >= 11 is 0. The normalized spacial score (nSPS) is 13.4. The van der Waals surface area contributed by atoms with Crippen LogP contribution in [-0.2, 0) is 4.57 Å². The molecular formula is C27H19O2P. The van der Waals surface area contributed by atoms with Crippen LogP contribution in [0.5, 0.6) is 0 Å². The van der Waals surface area contributed by atoms with Crippen LogP contribution in [0.3, 0.4) is 0 Å². The fourth-order valence-electron chi connectivity index (χ4n) is 4.15. The average molecular weight is 406 g/mol. The van der Waals surface area contributed by atoms with Crippen molar-refractivity contribution in [3.05, 3.63) is 132 Å². The number of carbonyl (C=O) groups excluding carboxylic acids is 1. The number of Topliss-reactive ketones (excluding diaryl/α,β-unsaturated/α-hetero) is 1. The third-order valence-electron chi connectivity index (χ3n) is 5.51. The second-order valence-electron chi connectivity index (χ2n) is 7.24. The maximum absolute atomic E-state index is 15.1. The van der Waals surface area contributed by atoms with Crippen LogP contribution in [0.1, 0.15) is 21.5 Å². The first-order valence-electron chi connectivity index (χ1n) is 9.87. The fraction of sp³-hybridized carbons (Fsp3) is 0. The van der Waals surface area contributed by atoms with E-state index in [1.54, 1.807) is 0 Å². The first-order valence-corrected chi connectivity index (χ1v) is 11.6. The van der Waals surface area contributed by atoms with E-state index in [-0.39, 0.29) is 5.78 Å². The molecule has 0 saturated carbocycles. The standard InChI is InChI=1S/C27H19O2P/c28-26-23-18-10-11-19-24(23)27(25(26)20-12-4-1-5-13-20)30(29,21-14-6-2-7-15-21)22-16-8-3-9-17-22/h1-19H. The Labute approximate surface area is 175 Å². The second-order valence-corrected chi connectivity index (χ2v) is 9.94. The van der Waals surface area contributed by atoms with Crippen molar-refractivity contribution in [1.29, 1.82) is 0 Å². The Morgan fingerprint density at radius 1 is 0.500 bits per heavy atom. The smallest absolute Gasteiger partial charge is 0.195 e. The van der Waals surface area contributed by atoms with E-state index in [1.807, 2.05) is 115 Å². The zero-order chi connectivity index (χ0) is 20.6. The Balaban J connectivity index is 1.92. The molecule has 0 bridgehead atoms. The third-order valence-corrected chi connectivity index (χ3v) is 8.65. The monoisotopic (exact) mass is 406 g/mol. The van der Waals surface area contributed by atoms with E-state index < -0.39 is 7.14 Å². The van der Waals surface area contributed by atoms with Gasteiger partial charge in [0, 0.05) is 27.1 Å². The summed E-state index contributed by atoms with van der Waals surface area (Å²) in [5, 5.41) is 2.08. The second kappa shape index (κ2) is 7.40. The molecule has 0 unspecified atom stereocenters. The number of fused-ring (bicyclic) bond motifs is 1. The van der Waals surface area contributed by atoms with Crippen LogP contribution in [0.4, 0.5) is 0 Å². The molecule has 1 aliphatic rings. The summed E-state index contributed by atoms with van der Waals surface area (Å²) in [5.41, 5.74) is 2.70. The average Bonchev–Trinajstić information content (AvgIpc) is 3.13. The van der Waals surface area contributed by atoms with Crippen molar-refractivity contribution in [3.63, 3.8) is 0 Å². The highest BCUT2D eigenvalue weighted by Crippen LogP contribution is 2.62. The molecule has 0 atom stereocenters. The number of carbonyl (C=O) groups is 1. The minimum atomic E-state index is -3.30. The minimum absolute atomic E-state index is 0.0705. The Kier molecular flexibility index (Phi) is 4.58. The van der Waals surface area contributed by atoms with E-state index in [0.29, 0.717) is 16.5 Å². The van der Waals surface area contributed by atoms with Gasteiger partial charge in [0.25, 0.3) is 0 Å². The van der Waals surface area contributed by atoms with Crippen molar-refractivity contribution in [2.45, 2.75) is 0 Å². The van der Waals surface area contributed by atoms with Gasteiger partial charge in [-0.25, -0.2) is 0 Å². The zero-order valence-electron chi connectivity index (χ0n) is 16.2. The summed E-state index contributed by atoms with van der Waals surface area (Å²) in [6.07, 6.45) is 0. The zero-order valence-corrected chi connectivity index (χ0v) is 17.1. The highest BCUT2D eigenvalue weighted by Gasteiger charge is 2.42. The van der Waals surface area contributed by atoms with Crippen LogP contribution < -0.4 is 10.6 Å². The van der Waals surface area contributed by atoms with Gasteiger partial charge in [0.15, 0.2) is 12.9 Å². The third kappa shape index (κ3) is 2.81. The molecule has 5 rings (SSSR count). The lowest BCUT2D eigenvalue weighted by Crippen LogP contribution is -2.17. The van der Waals surface area contributed by atoms with E-state index in [4.69, 9.17) is 0 Å². The molecule has 2 nitrogen and oxygen atoms in total. The number of rotatable bonds is 4. The highest BCUT2D eigenvalue weighted by molar-refractivity contribution is 7.88. The van der Waals surface area contributed by atoms with Gasteiger partial charge >= 0.3 is 0 Å². The van der Waals surface area contributed by atoms with Crippen LogP contribution in [0.25, 0.3) is 10.9 Å². The van der Waals surface area contributed by atoms with Gasteiger partial charge in [-0.2, -0.15) is 0 Å². The predicted molar refractivity (Wildman–Crippen MR) is 124 cm³/mol. The molecule has 0 amide bonds. The molecule has 0 N–H and O–H groups in total. The summed E-state index contributed by atoms with van der Waals surface area (Å²) in [6.45, 7) is 0. The Morgan fingerprint density at radius 2 is 0.933 bits per heavy atom. The van der Waals surface area contributed by atoms with E-state index in [9.17, 15) is 4.79 Å². The van der Waals surface area contributed by atoms with Gasteiger partial charge in [0.2, 0.25) is 0 Å². The van der Waals surface area contributed by atoms with E-state index in [0.717, 1.165) is 21.7 Å². The quantitative estimate of drug-likeness (QED) is 0.404. The van der Waals surface area contributed by atoms with Gasteiger partial charge in [0.1, 0.15) is 0 Å². The van der Waals surface area contributed by atoms with Crippen LogP contribution >= 0.6 is 7.14 Å². The number of hydrogen-bond donors (Lipinski definition) is 0. The Hall–Kier alpha value is -3.48. The molecular weight excluding hydrogens is 387 g/mol. The van der Waals surface area contributed by atoms with Gasteiger partial charge in [-0.1, -0.05) is 115 Å². The molecule has 0 heterocycles. The molecule has 3 heteroatoms. The van der Waals surface area contributed by atoms with Crippen LogP contribution in [0.15, 0.2) is 115 Å². The molecule has 0 aromatic heterocycles. The lowest BCUT2D eigenvalue weighted by molar-refractivity contribution is 0.105. The SMILES string of the molecule is O=C1C(c2ccccc2)=C(P(=O)(c2ccccc2)c2ccccc2)c2ccccc21. The topological polar surface area (TPSA) is 34.1 Å². The Bertz CT molecular complexity index is 1260. The lowest BCUT2D eigenvalue weighted by Gasteiger charge is -2.23. The van der Waals surface area contributed by atoms with Crippen LogP contribution in [-0.4, -0.2) is 5.78 Å². The molecule has 4 aromatic rings. The van der Waals surface area contributed by atoms with Crippen molar-refractivity contribution >= 4 is 34.4 Å². The summed E-state index contributed by atoms with van der Waals surface area (Å²) in [7, 11) is -3.30. The van der Waals surface area contributed by atoms with Gasteiger partial charge in [-0.15, -0.1) is 0 Å². The summed E-state index contributed by atoms with van der Waals surface area (Å²) < 4.78 is 15.1. The largest absolute Gasteiger partial charge is 0.309 e.